The lowest BCUT2D eigenvalue weighted by Crippen LogP contribution is -2.25. The van der Waals surface area contributed by atoms with E-state index in [1.807, 2.05) is 0 Å². The van der Waals surface area contributed by atoms with Crippen molar-refractivity contribution in [1.82, 2.24) is 9.55 Å². The van der Waals surface area contributed by atoms with E-state index in [4.69, 9.17) is 31.1 Å². The molecule has 0 aliphatic heterocycles. The summed E-state index contributed by atoms with van der Waals surface area (Å²) in [6.45, 7) is 7.29. The molecule has 1 aromatic heterocycles. The number of anilines is 1. The molecule has 0 saturated heterocycles. The van der Waals surface area contributed by atoms with Crippen LogP contribution in [0.1, 0.15) is 27.7 Å². The average Bonchev–Trinajstić information content (AvgIpc) is 2.34. The predicted molar refractivity (Wildman–Crippen MR) is 88.8 cm³/mol. The molecule has 0 saturated carbocycles. The van der Waals surface area contributed by atoms with E-state index in [2.05, 4.69) is 4.98 Å². The van der Waals surface area contributed by atoms with Gasteiger partial charge in [0.05, 0.1) is 25.4 Å². The van der Waals surface area contributed by atoms with Crippen molar-refractivity contribution < 1.29 is 18.3 Å². The maximum atomic E-state index is 12.5. The van der Waals surface area contributed by atoms with Crippen LogP contribution in [-0.4, -0.2) is 34.7 Å². The Kier molecular flexibility index (Phi) is 7.70. The van der Waals surface area contributed by atoms with Gasteiger partial charge in [0.2, 0.25) is 5.95 Å². The van der Waals surface area contributed by atoms with Gasteiger partial charge in [-0.25, -0.2) is 4.98 Å². The molecular weight excluding hydrogens is 345 g/mol. The fraction of sp³-hybridized carbons (Fsp3) is 0.692. The smallest absolute Gasteiger partial charge is 0.356 e. The van der Waals surface area contributed by atoms with Gasteiger partial charge < -0.3 is 19.5 Å². The summed E-state index contributed by atoms with van der Waals surface area (Å²) in [4.78, 5) is 15.5. The van der Waals surface area contributed by atoms with Gasteiger partial charge in [-0.3, -0.25) is 13.9 Å². The van der Waals surface area contributed by atoms with Crippen molar-refractivity contribution in [3.05, 3.63) is 21.6 Å². The molecule has 1 aromatic rings. The minimum atomic E-state index is -3.36. The summed E-state index contributed by atoms with van der Waals surface area (Å²) >= 11 is 5.63. The molecule has 0 unspecified atom stereocenters. The van der Waals surface area contributed by atoms with Gasteiger partial charge >= 0.3 is 7.60 Å². The van der Waals surface area contributed by atoms with Crippen LogP contribution in [0.4, 0.5) is 5.95 Å². The Morgan fingerprint density at radius 3 is 2.35 bits per heavy atom. The third-order valence-corrected chi connectivity index (χ3v) is 4.64. The number of hydrogen-bond acceptors (Lipinski definition) is 7. The second kappa shape index (κ2) is 8.80. The van der Waals surface area contributed by atoms with Gasteiger partial charge in [0, 0.05) is 6.07 Å². The number of nitrogens with zero attached hydrogens (tertiary/aromatic N) is 2. The van der Waals surface area contributed by atoms with Crippen LogP contribution >= 0.6 is 19.2 Å². The van der Waals surface area contributed by atoms with Crippen molar-refractivity contribution in [2.75, 3.05) is 18.7 Å². The van der Waals surface area contributed by atoms with Crippen LogP contribution in [0.5, 0.6) is 0 Å². The Balaban J connectivity index is 2.61. The summed E-state index contributed by atoms with van der Waals surface area (Å²) in [7, 11) is -3.36. The molecule has 0 aliphatic rings. The van der Waals surface area contributed by atoms with Crippen LogP contribution in [0.2, 0.25) is 5.15 Å². The molecule has 23 heavy (non-hydrogen) atoms. The number of nitrogens with two attached hydrogens (primary N) is 1. The molecule has 0 aliphatic carbocycles. The fourth-order valence-corrected chi connectivity index (χ4v) is 3.77. The van der Waals surface area contributed by atoms with E-state index in [1.165, 1.54) is 4.57 Å². The third-order valence-electron chi connectivity index (χ3n) is 2.46. The van der Waals surface area contributed by atoms with E-state index >= 15 is 0 Å². The van der Waals surface area contributed by atoms with Crippen molar-refractivity contribution in [1.29, 1.82) is 0 Å². The van der Waals surface area contributed by atoms with Gasteiger partial charge in [0.15, 0.2) is 0 Å². The Morgan fingerprint density at radius 2 is 1.87 bits per heavy atom. The molecule has 8 nitrogen and oxygen atoms in total. The fourth-order valence-electron chi connectivity index (χ4n) is 1.78. The highest BCUT2D eigenvalue weighted by Crippen LogP contribution is 2.50. The molecular formula is C13H23ClN3O5P. The quantitative estimate of drug-likeness (QED) is 0.406. The average molecular weight is 368 g/mol. The van der Waals surface area contributed by atoms with Gasteiger partial charge in [-0.2, -0.15) is 0 Å². The van der Waals surface area contributed by atoms with Gasteiger partial charge in [0.1, 0.15) is 11.5 Å². The van der Waals surface area contributed by atoms with Crippen molar-refractivity contribution in [3.63, 3.8) is 0 Å². The zero-order valence-corrected chi connectivity index (χ0v) is 15.3. The molecule has 132 valence electrons. The SMILES string of the molecule is CC(C)OP(=O)(COCCn1c(N)nc(Cl)cc1=O)OC(C)C. The lowest BCUT2D eigenvalue weighted by atomic mass is 10.5. The highest BCUT2D eigenvalue weighted by molar-refractivity contribution is 7.53. The van der Waals surface area contributed by atoms with Crippen molar-refractivity contribution in [2.45, 2.75) is 46.4 Å². The summed E-state index contributed by atoms with van der Waals surface area (Å²) in [5.41, 5.74) is 5.25. The molecule has 1 rings (SSSR count). The zero-order valence-electron chi connectivity index (χ0n) is 13.7. The van der Waals surface area contributed by atoms with Crippen LogP contribution in [0.25, 0.3) is 0 Å². The minimum absolute atomic E-state index is 0.00820. The summed E-state index contributed by atoms with van der Waals surface area (Å²) < 4.78 is 29.8. The van der Waals surface area contributed by atoms with E-state index in [-0.39, 0.29) is 48.4 Å². The first kappa shape index (κ1) is 20.1. The molecule has 2 N–H and O–H groups in total. The van der Waals surface area contributed by atoms with E-state index in [0.717, 1.165) is 6.07 Å². The molecule has 0 radical (unpaired) electrons. The highest BCUT2D eigenvalue weighted by Gasteiger charge is 2.28. The molecule has 0 atom stereocenters. The number of aromatic nitrogens is 2. The topological polar surface area (TPSA) is 106 Å². The minimum Gasteiger partial charge on any atom is -0.369 e. The van der Waals surface area contributed by atoms with Crippen LogP contribution < -0.4 is 11.3 Å². The van der Waals surface area contributed by atoms with E-state index in [9.17, 15) is 9.36 Å². The summed E-state index contributed by atoms with van der Waals surface area (Å²) in [6.07, 6.45) is -0.734. The second-order valence-corrected chi connectivity index (χ2v) is 7.67. The largest absolute Gasteiger partial charge is 0.369 e. The van der Waals surface area contributed by atoms with Crippen molar-refractivity contribution in [3.8, 4) is 0 Å². The van der Waals surface area contributed by atoms with Crippen molar-refractivity contribution in [2.24, 2.45) is 0 Å². The summed E-state index contributed by atoms with van der Waals surface area (Å²) in [5, 5.41) is 0.0323. The molecule has 0 aromatic carbocycles. The Bertz CT molecular complexity index is 606. The van der Waals surface area contributed by atoms with Gasteiger partial charge in [-0.05, 0) is 27.7 Å². The normalized spacial score (nSPS) is 12.3. The standard InChI is InChI=1S/C13H23ClN3O5P/c1-9(2)21-23(19,22-10(3)4)8-20-6-5-17-12(18)7-11(14)16-13(17)15/h7,9-10H,5-6,8H2,1-4H3,(H2,15,16). The number of halogens is 1. The lowest BCUT2D eigenvalue weighted by Gasteiger charge is -2.22. The zero-order chi connectivity index (χ0) is 17.6. The van der Waals surface area contributed by atoms with Gasteiger partial charge in [0.25, 0.3) is 5.56 Å². The van der Waals surface area contributed by atoms with Gasteiger partial charge in [-0.15, -0.1) is 0 Å². The van der Waals surface area contributed by atoms with E-state index in [1.54, 1.807) is 27.7 Å². The Labute approximate surface area is 140 Å². The Morgan fingerprint density at radius 1 is 1.30 bits per heavy atom. The van der Waals surface area contributed by atoms with Crippen LogP contribution in [0.3, 0.4) is 0 Å². The highest BCUT2D eigenvalue weighted by atomic mass is 35.5. The predicted octanol–water partition coefficient (Wildman–Crippen LogP) is 2.50. The number of rotatable bonds is 9. The first-order chi connectivity index (χ1) is 10.6. The van der Waals surface area contributed by atoms with E-state index < -0.39 is 7.60 Å². The number of hydrogen-bond donors (Lipinski definition) is 1. The second-order valence-electron chi connectivity index (χ2n) is 5.38. The summed E-state index contributed by atoms with van der Waals surface area (Å²) in [6, 6.07) is 1.16. The molecule has 10 heteroatoms. The Hall–Kier alpha value is -0.920. The van der Waals surface area contributed by atoms with Crippen LogP contribution in [0, 0.1) is 0 Å². The monoisotopic (exact) mass is 367 g/mol. The first-order valence-electron chi connectivity index (χ1n) is 7.19. The molecule has 0 spiro atoms. The third kappa shape index (κ3) is 7.01. The maximum absolute atomic E-state index is 12.5. The van der Waals surface area contributed by atoms with Crippen molar-refractivity contribution >= 4 is 25.1 Å². The van der Waals surface area contributed by atoms with Crippen LogP contribution in [0.15, 0.2) is 10.9 Å². The lowest BCUT2D eigenvalue weighted by molar-refractivity contribution is 0.0957. The number of nitrogen functional groups attached to an aromatic ring is 1. The number of ether oxygens (including phenoxy) is 1. The van der Waals surface area contributed by atoms with Crippen LogP contribution in [-0.2, 0) is 24.9 Å². The molecule has 0 fully saturated rings. The van der Waals surface area contributed by atoms with E-state index in [0.29, 0.717) is 0 Å². The van der Waals surface area contributed by atoms with Gasteiger partial charge in [-0.1, -0.05) is 11.6 Å². The summed E-state index contributed by atoms with van der Waals surface area (Å²) in [5.74, 6) is -0.00820. The maximum Gasteiger partial charge on any atom is 0.356 e. The molecule has 0 bridgehead atoms. The molecule has 1 heterocycles. The molecule has 0 amide bonds. The first-order valence-corrected chi connectivity index (χ1v) is 9.30.